The molecule has 2 aromatic carbocycles. The van der Waals surface area contributed by atoms with E-state index >= 15 is 0 Å². The minimum atomic E-state index is -0.529. The Morgan fingerprint density at radius 3 is 2.56 bits per heavy atom. The van der Waals surface area contributed by atoms with Gasteiger partial charge in [0.15, 0.2) is 0 Å². The number of carbonyl (C=O) groups excluding carboxylic acids is 1. The van der Waals surface area contributed by atoms with Crippen molar-refractivity contribution >= 4 is 23.1 Å². The molecule has 1 aliphatic carbocycles. The van der Waals surface area contributed by atoms with Crippen molar-refractivity contribution in [2.45, 2.75) is 33.0 Å². The van der Waals surface area contributed by atoms with Gasteiger partial charge in [-0.15, -0.1) is 0 Å². The number of halogens is 1. The number of aliphatic hydroxyl groups excluding tert-OH is 2. The number of nitrogens with one attached hydrogen (secondary N) is 1. The molecule has 0 radical (unpaired) electrons. The maximum atomic E-state index is 13.9. The van der Waals surface area contributed by atoms with Crippen molar-refractivity contribution in [2.75, 3.05) is 46.1 Å². The van der Waals surface area contributed by atoms with Crippen LogP contribution >= 0.6 is 11.6 Å². The lowest BCUT2D eigenvalue weighted by atomic mass is 9.65. The van der Waals surface area contributed by atoms with E-state index < -0.39 is 11.5 Å². The Kier molecular flexibility index (Phi) is 11.9. The van der Waals surface area contributed by atoms with Gasteiger partial charge in [0.1, 0.15) is 24.2 Å². The number of ether oxygens (including phenoxy) is 3. The summed E-state index contributed by atoms with van der Waals surface area (Å²) < 4.78 is 18.2. The second kappa shape index (κ2) is 16.2. The van der Waals surface area contributed by atoms with E-state index in [1.807, 2.05) is 35.3 Å². The predicted octanol–water partition coefficient (Wildman–Crippen LogP) is 4.53. The van der Waals surface area contributed by atoms with E-state index in [1.54, 1.807) is 24.4 Å². The van der Waals surface area contributed by atoms with Gasteiger partial charge in [-0.25, -0.2) is 0 Å². The molecule has 3 aromatic rings. The number of nitriles is 1. The number of allylic oxidation sites excluding steroid dienone is 3. The van der Waals surface area contributed by atoms with Crippen molar-refractivity contribution < 1.29 is 29.2 Å². The molecule has 11 heteroatoms. The fourth-order valence-corrected chi connectivity index (χ4v) is 6.24. The van der Waals surface area contributed by atoms with Crippen LogP contribution in [-0.2, 0) is 22.7 Å². The maximum Gasteiger partial charge on any atom is 0.250 e. The smallest absolute Gasteiger partial charge is 0.250 e. The van der Waals surface area contributed by atoms with Gasteiger partial charge < -0.3 is 34.6 Å². The lowest BCUT2D eigenvalue weighted by Crippen LogP contribution is -2.45. The van der Waals surface area contributed by atoms with Crippen molar-refractivity contribution in [3.05, 3.63) is 106 Å². The second-order valence-electron chi connectivity index (χ2n) is 12.4. The maximum absolute atomic E-state index is 13.9. The molecule has 1 saturated heterocycles. The molecule has 1 aromatic heterocycles. The minimum absolute atomic E-state index is 0.0320. The highest BCUT2D eigenvalue weighted by Gasteiger charge is 2.42. The monoisotopic (exact) mass is 672 g/mol. The van der Waals surface area contributed by atoms with Gasteiger partial charge in [0.2, 0.25) is 5.91 Å². The summed E-state index contributed by atoms with van der Waals surface area (Å²) in [6, 6.07) is 16.8. The van der Waals surface area contributed by atoms with Crippen LogP contribution in [0, 0.1) is 22.7 Å². The molecule has 48 heavy (non-hydrogen) atoms. The molecule has 1 aliphatic heterocycles. The Morgan fingerprint density at radius 1 is 1.10 bits per heavy atom. The van der Waals surface area contributed by atoms with Gasteiger partial charge in [0, 0.05) is 66.1 Å². The molecule has 252 valence electrons. The lowest BCUT2D eigenvalue weighted by molar-refractivity contribution is -0.132. The molecular formula is C37H41ClN4O6. The first kappa shape index (κ1) is 35.1. The van der Waals surface area contributed by atoms with E-state index in [0.717, 1.165) is 11.1 Å². The number of hydrogen-bond acceptors (Lipinski definition) is 9. The van der Waals surface area contributed by atoms with E-state index in [-0.39, 0.29) is 44.8 Å². The molecule has 1 unspecified atom stereocenters. The molecule has 1 fully saturated rings. The molecule has 2 aliphatic rings. The number of hydrogen-bond donors (Lipinski definition) is 3. The first-order valence-electron chi connectivity index (χ1n) is 16.0. The summed E-state index contributed by atoms with van der Waals surface area (Å²) in [7, 11) is 0. The zero-order valence-electron chi connectivity index (χ0n) is 27.2. The van der Waals surface area contributed by atoms with Gasteiger partial charge in [-0.05, 0) is 23.3 Å². The summed E-state index contributed by atoms with van der Waals surface area (Å²) in [5.41, 5.74) is 4.16. The summed E-state index contributed by atoms with van der Waals surface area (Å²) in [6.07, 6.45) is 7.07. The zero-order valence-corrected chi connectivity index (χ0v) is 27.9. The summed E-state index contributed by atoms with van der Waals surface area (Å²) >= 11 is 6.81. The highest BCUT2D eigenvalue weighted by Crippen LogP contribution is 2.48. The largest absolute Gasteiger partial charge is 0.491 e. The van der Waals surface area contributed by atoms with Gasteiger partial charge >= 0.3 is 0 Å². The Hall–Kier alpha value is -4.24. The summed E-state index contributed by atoms with van der Waals surface area (Å²) in [5, 5.41) is 31.9. The number of aliphatic hydroxyl groups is 2. The van der Waals surface area contributed by atoms with E-state index in [1.165, 1.54) is 6.20 Å². The van der Waals surface area contributed by atoms with E-state index in [4.69, 9.17) is 25.8 Å². The van der Waals surface area contributed by atoms with Crippen LogP contribution in [-0.4, -0.2) is 78.2 Å². The van der Waals surface area contributed by atoms with Crippen molar-refractivity contribution in [2.24, 2.45) is 11.3 Å². The second-order valence-corrected chi connectivity index (χ2v) is 12.8. The highest BCUT2D eigenvalue weighted by atomic mass is 35.5. The average Bonchev–Trinajstić information content (AvgIpc) is 3.11. The summed E-state index contributed by atoms with van der Waals surface area (Å²) in [4.78, 5) is 19.9. The number of amides is 1. The van der Waals surface area contributed by atoms with Crippen LogP contribution in [0.3, 0.4) is 0 Å². The first-order valence-corrected chi connectivity index (χ1v) is 16.3. The molecule has 3 N–H and O–H groups in total. The summed E-state index contributed by atoms with van der Waals surface area (Å²) in [6.45, 7) is 6.38. The highest BCUT2D eigenvalue weighted by molar-refractivity contribution is 6.32. The number of pyridine rings is 1. The molecule has 5 rings (SSSR count). The standard InChI is InChI=1S/C37H41ClN4O6/c1-37(2)31(27-6-4-3-5-7-27)9-8-30(36(45)42-10-12-46-13-11-42)32(37)24-48-35-16-34(47-23-26-14-25(17-39)18-40-19-26)28(15-33(35)38)20-41-29(21-43)22-44/h3-9,14-16,18-19,29,32,41,43-44H,10-13,20-24H2,1-2H3. The van der Waals surface area contributed by atoms with Gasteiger partial charge in [0.05, 0.1) is 49.7 Å². The molecule has 0 bridgehead atoms. The van der Waals surface area contributed by atoms with E-state index in [9.17, 15) is 20.3 Å². The topological polar surface area (TPSA) is 137 Å². The van der Waals surface area contributed by atoms with E-state index in [2.05, 4.69) is 42.4 Å². The minimum Gasteiger partial charge on any atom is -0.491 e. The normalized spacial score (nSPS) is 17.4. The molecule has 0 spiro atoms. The number of rotatable bonds is 13. The van der Waals surface area contributed by atoms with Crippen LogP contribution in [0.1, 0.15) is 36.1 Å². The third-order valence-electron chi connectivity index (χ3n) is 8.86. The summed E-state index contributed by atoms with van der Waals surface area (Å²) in [5.74, 6) is 0.497. The van der Waals surface area contributed by atoms with Crippen LogP contribution in [0.4, 0.5) is 0 Å². The van der Waals surface area contributed by atoms with Crippen LogP contribution in [0.25, 0.3) is 5.57 Å². The average molecular weight is 673 g/mol. The third-order valence-corrected chi connectivity index (χ3v) is 9.16. The molecule has 2 heterocycles. The lowest BCUT2D eigenvalue weighted by Gasteiger charge is -2.41. The van der Waals surface area contributed by atoms with Gasteiger partial charge in [-0.2, -0.15) is 5.26 Å². The molecular weight excluding hydrogens is 632 g/mol. The fraction of sp³-hybridized carbons (Fsp3) is 0.378. The number of nitrogens with zero attached hydrogens (tertiary/aromatic N) is 3. The van der Waals surface area contributed by atoms with Crippen LogP contribution in [0.2, 0.25) is 5.02 Å². The Labute approximate surface area is 286 Å². The van der Waals surface area contributed by atoms with Crippen LogP contribution < -0.4 is 14.8 Å². The van der Waals surface area contributed by atoms with Crippen molar-refractivity contribution in [1.29, 1.82) is 5.26 Å². The predicted molar refractivity (Wildman–Crippen MR) is 182 cm³/mol. The number of benzene rings is 2. The van der Waals surface area contributed by atoms with Gasteiger partial charge in [-0.3, -0.25) is 9.78 Å². The number of aromatic nitrogens is 1. The quantitative estimate of drug-likeness (QED) is 0.239. The van der Waals surface area contributed by atoms with Crippen molar-refractivity contribution in [1.82, 2.24) is 15.2 Å². The number of morpholine rings is 1. The third kappa shape index (κ3) is 8.24. The van der Waals surface area contributed by atoms with E-state index in [0.29, 0.717) is 65.1 Å². The Balaban J connectivity index is 1.44. The Bertz CT molecular complexity index is 1680. The zero-order chi connectivity index (χ0) is 34.1. The van der Waals surface area contributed by atoms with Crippen molar-refractivity contribution in [3.63, 3.8) is 0 Å². The molecule has 1 atom stereocenters. The van der Waals surface area contributed by atoms with Crippen molar-refractivity contribution in [3.8, 4) is 17.6 Å². The SMILES string of the molecule is CC1(C)C(c2ccccc2)=CC=C(C(=O)N2CCOCC2)C1COc1cc(OCc2cncc(C#N)c2)c(CNC(CO)CO)cc1Cl. The molecule has 1 amide bonds. The molecule has 10 nitrogen and oxygen atoms in total. The van der Waals surface area contributed by atoms with Gasteiger partial charge in [-0.1, -0.05) is 67.9 Å². The number of carbonyl (C=O) groups is 1. The van der Waals surface area contributed by atoms with Crippen LogP contribution in [0.5, 0.6) is 11.5 Å². The molecule has 0 saturated carbocycles. The first-order chi connectivity index (χ1) is 23.2. The Morgan fingerprint density at radius 2 is 1.85 bits per heavy atom. The fourth-order valence-electron chi connectivity index (χ4n) is 6.00. The van der Waals surface area contributed by atoms with Crippen LogP contribution in [0.15, 0.2) is 78.6 Å². The van der Waals surface area contributed by atoms with Gasteiger partial charge in [0.25, 0.3) is 0 Å².